The summed E-state index contributed by atoms with van der Waals surface area (Å²) in [6, 6.07) is 0. The van der Waals surface area contributed by atoms with Crippen LogP contribution in [0.5, 0.6) is 0 Å². The van der Waals surface area contributed by atoms with Crippen LogP contribution in [0.3, 0.4) is 0 Å². The van der Waals surface area contributed by atoms with Crippen molar-refractivity contribution in [3.05, 3.63) is 16.6 Å². The summed E-state index contributed by atoms with van der Waals surface area (Å²) in [5, 5.41) is 0.275. The van der Waals surface area contributed by atoms with E-state index in [1.54, 1.807) is 11.3 Å². The largest absolute Gasteiger partial charge is 0.416 e. The van der Waals surface area contributed by atoms with E-state index in [4.69, 9.17) is 4.43 Å². The molecule has 1 aromatic heterocycles. The van der Waals surface area contributed by atoms with E-state index in [-0.39, 0.29) is 10.5 Å². The second-order valence-corrected chi connectivity index (χ2v) is 12.5. The molecule has 17 heavy (non-hydrogen) atoms. The molecule has 2 nitrogen and oxygen atoms in total. The number of thiazole rings is 1. The van der Waals surface area contributed by atoms with Gasteiger partial charge in [-0.1, -0.05) is 34.6 Å². The Balaban J connectivity index is 2.68. The fourth-order valence-corrected chi connectivity index (χ4v) is 3.09. The van der Waals surface area contributed by atoms with Gasteiger partial charge in [0.05, 0.1) is 5.51 Å². The van der Waals surface area contributed by atoms with E-state index in [1.165, 1.54) is 4.88 Å². The molecule has 0 amide bonds. The SMILES string of the molecule is CC(C)(CO[Si](C)(C)C(C)(C)C)c1cncs1. The van der Waals surface area contributed by atoms with Gasteiger partial charge in [0, 0.05) is 23.1 Å². The third-order valence-corrected chi connectivity index (χ3v) is 9.32. The first-order valence-corrected chi connectivity index (χ1v) is 9.88. The molecule has 4 heteroatoms. The molecule has 0 aliphatic rings. The first kappa shape index (κ1) is 14.9. The maximum absolute atomic E-state index is 6.30. The van der Waals surface area contributed by atoms with Gasteiger partial charge in [-0.15, -0.1) is 11.3 Å². The highest BCUT2D eigenvalue weighted by Gasteiger charge is 2.38. The Kier molecular flexibility index (Phi) is 4.22. The zero-order chi connectivity index (χ0) is 13.3. The summed E-state index contributed by atoms with van der Waals surface area (Å²) in [5.41, 5.74) is 1.96. The minimum Gasteiger partial charge on any atom is -0.416 e. The van der Waals surface area contributed by atoms with Crippen molar-refractivity contribution in [2.24, 2.45) is 0 Å². The Morgan fingerprint density at radius 2 is 1.82 bits per heavy atom. The number of nitrogens with zero attached hydrogens (tertiary/aromatic N) is 1. The Labute approximate surface area is 111 Å². The quantitative estimate of drug-likeness (QED) is 0.755. The van der Waals surface area contributed by atoms with E-state index >= 15 is 0 Å². The molecule has 0 atom stereocenters. The van der Waals surface area contributed by atoms with Crippen LogP contribution in [-0.4, -0.2) is 19.9 Å². The van der Waals surface area contributed by atoms with E-state index in [2.05, 4.69) is 52.7 Å². The lowest BCUT2D eigenvalue weighted by Gasteiger charge is -2.38. The molecule has 0 aliphatic carbocycles. The molecular formula is C13H25NOSSi. The van der Waals surface area contributed by atoms with Gasteiger partial charge in [-0.2, -0.15) is 0 Å². The van der Waals surface area contributed by atoms with Gasteiger partial charge >= 0.3 is 0 Å². The van der Waals surface area contributed by atoms with Gasteiger partial charge in [0.1, 0.15) is 0 Å². The summed E-state index contributed by atoms with van der Waals surface area (Å²) >= 11 is 1.71. The fourth-order valence-electron chi connectivity index (χ4n) is 1.20. The van der Waals surface area contributed by atoms with Gasteiger partial charge in [-0.3, -0.25) is 4.98 Å². The summed E-state index contributed by atoms with van der Waals surface area (Å²) < 4.78 is 6.30. The lowest BCUT2D eigenvalue weighted by molar-refractivity contribution is 0.222. The molecule has 0 radical (unpaired) electrons. The molecule has 0 fully saturated rings. The minimum absolute atomic E-state index is 0.0662. The van der Waals surface area contributed by atoms with Crippen molar-refractivity contribution in [2.45, 2.75) is 58.2 Å². The summed E-state index contributed by atoms with van der Waals surface area (Å²) in [6.07, 6.45) is 1.96. The zero-order valence-electron chi connectivity index (χ0n) is 12.1. The molecule has 0 saturated heterocycles. The second kappa shape index (κ2) is 4.82. The van der Waals surface area contributed by atoms with Crippen molar-refractivity contribution in [3.8, 4) is 0 Å². The minimum atomic E-state index is -1.64. The summed E-state index contributed by atoms with van der Waals surface area (Å²) in [4.78, 5) is 5.46. The Morgan fingerprint density at radius 1 is 1.24 bits per heavy atom. The standard InChI is InChI=1S/C13H25NOSSi/c1-12(2,3)17(6,7)15-9-13(4,5)11-8-14-10-16-11/h8,10H,9H2,1-7H3. The number of aromatic nitrogens is 1. The topological polar surface area (TPSA) is 22.1 Å². The molecule has 1 rings (SSSR count). The highest BCUT2D eigenvalue weighted by molar-refractivity contribution is 7.09. The van der Waals surface area contributed by atoms with Gasteiger partial charge in [0.25, 0.3) is 0 Å². The van der Waals surface area contributed by atoms with Crippen molar-refractivity contribution in [2.75, 3.05) is 6.61 Å². The smallest absolute Gasteiger partial charge is 0.192 e. The van der Waals surface area contributed by atoms with Crippen LogP contribution in [0.2, 0.25) is 18.1 Å². The zero-order valence-corrected chi connectivity index (χ0v) is 13.9. The van der Waals surface area contributed by atoms with E-state index < -0.39 is 8.32 Å². The van der Waals surface area contributed by atoms with Gasteiger partial charge in [0.15, 0.2) is 8.32 Å². The highest BCUT2D eigenvalue weighted by Crippen LogP contribution is 2.38. The summed E-state index contributed by atoms with van der Waals surface area (Å²) in [5.74, 6) is 0. The van der Waals surface area contributed by atoms with Crippen LogP contribution in [-0.2, 0) is 9.84 Å². The van der Waals surface area contributed by atoms with Crippen LogP contribution in [0.1, 0.15) is 39.5 Å². The molecule has 0 spiro atoms. The van der Waals surface area contributed by atoms with Crippen LogP contribution >= 0.6 is 11.3 Å². The normalized spacial score (nSPS) is 14.1. The van der Waals surface area contributed by atoms with Crippen molar-refractivity contribution >= 4 is 19.7 Å². The highest BCUT2D eigenvalue weighted by atomic mass is 32.1. The van der Waals surface area contributed by atoms with Crippen molar-refractivity contribution in [1.82, 2.24) is 4.98 Å². The molecular weight excluding hydrogens is 246 g/mol. The van der Waals surface area contributed by atoms with E-state index in [1.807, 2.05) is 11.7 Å². The van der Waals surface area contributed by atoms with Crippen molar-refractivity contribution in [1.29, 1.82) is 0 Å². The Bertz CT molecular complexity index is 352. The molecule has 0 aliphatic heterocycles. The maximum atomic E-state index is 6.30. The fraction of sp³-hybridized carbons (Fsp3) is 0.769. The molecule has 98 valence electrons. The predicted octanol–water partition coefficient (Wildman–Crippen LogP) is 4.44. The lowest BCUT2D eigenvalue weighted by Crippen LogP contribution is -2.43. The molecule has 0 saturated carbocycles. The van der Waals surface area contributed by atoms with Crippen molar-refractivity contribution in [3.63, 3.8) is 0 Å². The van der Waals surface area contributed by atoms with Crippen LogP contribution in [0.15, 0.2) is 11.7 Å². The molecule has 0 N–H and O–H groups in total. The third kappa shape index (κ3) is 3.63. The molecule has 1 aromatic rings. The average Bonchev–Trinajstić information content (AvgIpc) is 2.66. The van der Waals surface area contributed by atoms with Crippen LogP contribution < -0.4 is 0 Å². The molecule has 1 heterocycles. The lowest BCUT2D eigenvalue weighted by atomic mass is 9.94. The number of rotatable bonds is 4. The maximum Gasteiger partial charge on any atom is 0.192 e. The molecule has 0 aromatic carbocycles. The van der Waals surface area contributed by atoms with Gasteiger partial charge in [-0.05, 0) is 18.1 Å². The molecule has 0 bridgehead atoms. The predicted molar refractivity (Wildman–Crippen MR) is 78.3 cm³/mol. The van der Waals surface area contributed by atoms with Crippen LogP contribution in [0.4, 0.5) is 0 Å². The Morgan fingerprint density at radius 3 is 2.24 bits per heavy atom. The van der Waals surface area contributed by atoms with Crippen LogP contribution in [0, 0.1) is 0 Å². The van der Waals surface area contributed by atoms with Gasteiger partial charge in [-0.25, -0.2) is 0 Å². The van der Waals surface area contributed by atoms with Crippen LogP contribution in [0.25, 0.3) is 0 Å². The Hall–Kier alpha value is -0.193. The summed E-state index contributed by atoms with van der Waals surface area (Å²) in [6.45, 7) is 16.7. The van der Waals surface area contributed by atoms with E-state index in [0.29, 0.717) is 0 Å². The first-order chi connectivity index (χ1) is 7.56. The second-order valence-electron chi connectivity index (χ2n) is 6.80. The van der Waals surface area contributed by atoms with Crippen molar-refractivity contribution < 1.29 is 4.43 Å². The average molecular weight is 272 g/mol. The molecule has 0 unspecified atom stereocenters. The van der Waals surface area contributed by atoms with Gasteiger partial charge in [0.2, 0.25) is 0 Å². The van der Waals surface area contributed by atoms with E-state index in [0.717, 1.165) is 6.61 Å². The number of hydrogen-bond acceptors (Lipinski definition) is 3. The number of hydrogen-bond donors (Lipinski definition) is 0. The third-order valence-electron chi connectivity index (χ3n) is 3.70. The first-order valence-electron chi connectivity index (χ1n) is 6.09. The van der Waals surface area contributed by atoms with E-state index in [9.17, 15) is 0 Å². The summed E-state index contributed by atoms with van der Waals surface area (Å²) in [7, 11) is -1.64. The van der Waals surface area contributed by atoms with Gasteiger partial charge < -0.3 is 4.43 Å². The monoisotopic (exact) mass is 271 g/mol.